The smallest absolute Gasteiger partial charge is 0.325 e. The topological polar surface area (TPSA) is 121 Å². The van der Waals surface area contributed by atoms with Crippen LogP contribution < -0.4 is 5.32 Å². The van der Waals surface area contributed by atoms with Crippen LogP contribution in [0.15, 0.2) is 64.4 Å². The number of amidine groups is 1. The van der Waals surface area contributed by atoms with Crippen molar-refractivity contribution in [3.63, 3.8) is 0 Å². The number of nitrogens with zero attached hydrogens (tertiary/aromatic N) is 7. The number of aromatic nitrogens is 4. The van der Waals surface area contributed by atoms with E-state index in [0.717, 1.165) is 22.5 Å². The average Bonchev–Trinajstić information content (AvgIpc) is 3.57. The number of imidazole rings is 1. The molecule has 3 amide bonds. The lowest BCUT2D eigenvalue weighted by molar-refractivity contribution is -0.127. The van der Waals surface area contributed by atoms with Crippen LogP contribution in [-0.2, 0) is 17.8 Å². The highest BCUT2D eigenvalue weighted by Crippen LogP contribution is 2.28. The monoisotopic (exact) mass is 484 g/mol. The van der Waals surface area contributed by atoms with Crippen molar-refractivity contribution in [3.8, 4) is 11.5 Å². The van der Waals surface area contributed by atoms with Crippen molar-refractivity contribution in [3.05, 3.63) is 71.9 Å². The number of aliphatic imine (C=N–C) groups is 1. The Bertz CT molecular complexity index is 1460. The molecule has 0 bridgehead atoms. The Morgan fingerprint density at radius 3 is 2.61 bits per heavy atom. The first kappa shape index (κ1) is 22.0. The van der Waals surface area contributed by atoms with Crippen molar-refractivity contribution in [2.45, 2.75) is 39.0 Å². The second-order valence-corrected chi connectivity index (χ2v) is 8.83. The van der Waals surface area contributed by atoms with E-state index in [-0.39, 0.29) is 5.91 Å². The molecule has 1 N–H and O–H groups in total. The van der Waals surface area contributed by atoms with Crippen LogP contribution in [0.3, 0.4) is 0 Å². The number of aryl methyl sites for hydroxylation is 1. The summed E-state index contributed by atoms with van der Waals surface area (Å²) in [6, 6.07) is 12.6. The van der Waals surface area contributed by atoms with Crippen molar-refractivity contribution in [2.75, 3.05) is 6.54 Å². The molecule has 36 heavy (non-hydrogen) atoms. The number of imide groups is 1. The van der Waals surface area contributed by atoms with Gasteiger partial charge >= 0.3 is 6.03 Å². The minimum Gasteiger partial charge on any atom is -0.340 e. The highest BCUT2D eigenvalue weighted by molar-refractivity contribution is 6.04. The lowest BCUT2D eigenvalue weighted by atomic mass is 10.1. The van der Waals surface area contributed by atoms with E-state index in [0.29, 0.717) is 37.1 Å². The number of carbonyl (C=O) groups is 2. The van der Waals surface area contributed by atoms with E-state index >= 15 is 0 Å². The molecule has 1 saturated heterocycles. The van der Waals surface area contributed by atoms with Crippen molar-refractivity contribution in [1.29, 1.82) is 0 Å². The zero-order valence-corrected chi connectivity index (χ0v) is 19.8. The van der Waals surface area contributed by atoms with Gasteiger partial charge in [-0.05, 0) is 43.7 Å². The fourth-order valence-corrected chi connectivity index (χ4v) is 4.77. The van der Waals surface area contributed by atoms with Gasteiger partial charge in [-0.3, -0.25) is 15.0 Å². The molecule has 5 heterocycles. The third-order valence-electron chi connectivity index (χ3n) is 6.49. The van der Waals surface area contributed by atoms with Crippen LogP contribution in [-0.4, -0.2) is 65.9 Å². The van der Waals surface area contributed by atoms with E-state index < -0.39 is 18.2 Å². The van der Waals surface area contributed by atoms with Gasteiger partial charge in [-0.2, -0.15) is 4.98 Å². The molecule has 2 aliphatic heterocycles. The summed E-state index contributed by atoms with van der Waals surface area (Å²) in [6.07, 6.45) is 3.76. The normalized spacial score (nSPS) is 19.6. The number of benzene rings is 1. The zero-order valence-electron chi connectivity index (χ0n) is 19.8. The van der Waals surface area contributed by atoms with E-state index in [9.17, 15) is 9.59 Å². The molecule has 11 nitrogen and oxygen atoms in total. The van der Waals surface area contributed by atoms with Gasteiger partial charge in [0.2, 0.25) is 0 Å². The van der Waals surface area contributed by atoms with Gasteiger partial charge in [-0.1, -0.05) is 23.4 Å². The number of carbonyl (C=O) groups excluding carboxylic acids is 2. The molecule has 2 aliphatic rings. The molecule has 11 heteroatoms. The van der Waals surface area contributed by atoms with Crippen molar-refractivity contribution in [1.82, 2.24) is 34.6 Å². The Morgan fingerprint density at radius 1 is 1.06 bits per heavy atom. The number of nitrogens with one attached hydrogen (secondary N) is 1. The first-order valence-electron chi connectivity index (χ1n) is 11.8. The summed E-state index contributed by atoms with van der Waals surface area (Å²) in [5, 5.41) is 6.34. The molecule has 2 unspecified atom stereocenters. The standard InChI is InChI=1S/C25H24N8O3/c1-3-32-22-21(23(34)29-25(32)35)33(13-16-7-9-17(10-8-16)24-26-15(2)30-36-24)20(28-22)12-18-14-31-11-5-4-6-19(31)27-18/h4-11,14,21-22H,3,12-13H2,1-2H3,(H,29,34,35). The maximum Gasteiger partial charge on any atom is 0.325 e. The lowest BCUT2D eigenvalue weighted by Crippen LogP contribution is -2.64. The molecule has 1 aromatic carbocycles. The summed E-state index contributed by atoms with van der Waals surface area (Å²) < 4.78 is 7.21. The molecule has 2 atom stereocenters. The SMILES string of the molecule is CCN1C(=O)NC(=O)C2C1N=C(Cc1cn3ccccc3n1)N2Cc1ccc(-c2nc(C)no2)cc1. The number of rotatable bonds is 6. The summed E-state index contributed by atoms with van der Waals surface area (Å²) in [5.74, 6) is 1.40. The van der Waals surface area contributed by atoms with Crippen LogP contribution in [0.25, 0.3) is 17.1 Å². The second kappa shape index (κ2) is 8.59. The summed E-state index contributed by atoms with van der Waals surface area (Å²) in [6.45, 7) is 4.53. The Morgan fingerprint density at radius 2 is 1.89 bits per heavy atom. The molecule has 0 spiro atoms. The predicted octanol–water partition coefficient (Wildman–Crippen LogP) is 2.42. The molecule has 3 aromatic heterocycles. The number of fused-ring (bicyclic) bond motifs is 2. The van der Waals surface area contributed by atoms with Crippen molar-refractivity contribution >= 4 is 23.4 Å². The van der Waals surface area contributed by atoms with Gasteiger partial charge in [-0.15, -0.1) is 0 Å². The molecule has 4 aromatic rings. The Balaban J connectivity index is 1.32. The fraction of sp³-hybridized carbons (Fsp3) is 0.280. The number of hydrogen-bond donors (Lipinski definition) is 1. The largest absolute Gasteiger partial charge is 0.340 e. The quantitative estimate of drug-likeness (QED) is 0.446. The summed E-state index contributed by atoms with van der Waals surface area (Å²) >= 11 is 0. The Labute approximate surface area is 206 Å². The molecular weight excluding hydrogens is 460 g/mol. The highest BCUT2D eigenvalue weighted by Gasteiger charge is 2.49. The number of amides is 3. The zero-order chi connectivity index (χ0) is 24.8. The van der Waals surface area contributed by atoms with Gasteiger partial charge in [0.25, 0.3) is 11.8 Å². The molecule has 0 radical (unpaired) electrons. The first-order valence-corrected chi connectivity index (χ1v) is 11.8. The third kappa shape index (κ3) is 3.78. The number of likely N-dealkylation sites (N-methyl/N-ethyl adjacent to an activating group) is 1. The van der Waals surface area contributed by atoms with Gasteiger partial charge < -0.3 is 13.8 Å². The van der Waals surface area contributed by atoms with Crippen molar-refractivity contribution in [2.24, 2.45) is 4.99 Å². The van der Waals surface area contributed by atoms with Crippen LogP contribution >= 0.6 is 0 Å². The maximum atomic E-state index is 13.0. The molecule has 182 valence electrons. The molecular formula is C25H24N8O3. The highest BCUT2D eigenvalue weighted by atomic mass is 16.5. The molecule has 6 rings (SSSR count). The minimum atomic E-state index is -0.618. The van der Waals surface area contributed by atoms with E-state index in [1.807, 2.05) is 71.1 Å². The summed E-state index contributed by atoms with van der Waals surface area (Å²) in [7, 11) is 0. The van der Waals surface area contributed by atoms with Crippen LogP contribution in [0.5, 0.6) is 0 Å². The van der Waals surface area contributed by atoms with E-state index in [4.69, 9.17) is 14.5 Å². The van der Waals surface area contributed by atoms with Crippen LogP contribution in [0, 0.1) is 6.92 Å². The molecule has 0 aliphatic carbocycles. The average molecular weight is 485 g/mol. The van der Waals surface area contributed by atoms with Crippen LogP contribution in [0.1, 0.15) is 24.0 Å². The maximum absolute atomic E-state index is 13.0. The van der Waals surface area contributed by atoms with Crippen molar-refractivity contribution < 1.29 is 14.1 Å². The van der Waals surface area contributed by atoms with E-state index in [1.54, 1.807) is 11.8 Å². The number of urea groups is 1. The van der Waals surface area contributed by atoms with Gasteiger partial charge in [0.15, 0.2) is 18.0 Å². The van der Waals surface area contributed by atoms with Gasteiger partial charge in [0.05, 0.1) is 5.69 Å². The molecule has 1 fully saturated rings. The van der Waals surface area contributed by atoms with Crippen LogP contribution in [0.4, 0.5) is 4.79 Å². The predicted molar refractivity (Wildman–Crippen MR) is 130 cm³/mol. The van der Waals surface area contributed by atoms with Gasteiger partial charge in [0, 0.05) is 37.5 Å². The number of pyridine rings is 1. The van der Waals surface area contributed by atoms with Gasteiger partial charge in [0.1, 0.15) is 11.5 Å². The summed E-state index contributed by atoms with van der Waals surface area (Å²) in [4.78, 5) is 42.9. The summed E-state index contributed by atoms with van der Waals surface area (Å²) in [5.41, 5.74) is 3.46. The molecule has 0 saturated carbocycles. The second-order valence-electron chi connectivity index (χ2n) is 8.83. The third-order valence-corrected chi connectivity index (χ3v) is 6.49. The van der Waals surface area contributed by atoms with E-state index in [1.165, 1.54) is 0 Å². The van der Waals surface area contributed by atoms with Gasteiger partial charge in [-0.25, -0.2) is 14.8 Å². The fourth-order valence-electron chi connectivity index (χ4n) is 4.77. The lowest BCUT2D eigenvalue weighted by Gasteiger charge is -2.37. The first-order chi connectivity index (χ1) is 17.5. The Hall–Kier alpha value is -4.54. The van der Waals surface area contributed by atoms with Crippen LogP contribution in [0.2, 0.25) is 0 Å². The van der Waals surface area contributed by atoms with E-state index in [2.05, 4.69) is 15.5 Å². The number of hydrogen-bond acceptors (Lipinski definition) is 8. The minimum absolute atomic E-state index is 0.346. The Kier molecular flexibility index (Phi) is 5.24.